The normalized spacial score (nSPS) is 13.2. The maximum Gasteiger partial charge on any atom is 0.0897 e. The molecule has 2 nitrogen and oxygen atoms in total. The minimum Gasteiger partial charge on any atom is -0.309 e. The molecule has 0 aliphatic heterocycles. The molecule has 0 aliphatic rings. The van der Waals surface area contributed by atoms with Crippen LogP contribution in [-0.4, -0.2) is 23.0 Å². The summed E-state index contributed by atoms with van der Waals surface area (Å²) < 4.78 is 0. The van der Waals surface area contributed by atoms with Crippen LogP contribution in [0.1, 0.15) is 16.8 Å². The summed E-state index contributed by atoms with van der Waals surface area (Å²) in [5, 5.41) is 4.61. The van der Waals surface area contributed by atoms with Crippen LogP contribution in [0.3, 0.4) is 0 Å². The predicted molar refractivity (Wildman–Crippen MR) is 61.5 cm³/mol. The van der Waals surface area contributed by atoms with Crippen molar-refractivity contribution in [3.8, 4) is 0 Å². The molecule has 13 heavy (non-hydrogen) atoms. The highest BCUT2D eigenvalue weighted by atomic mass is 32.2. The van der Waals surface area contributed by atoms with E-state index < -0.39 is 0 Å². The maximum absolute atomic E-state index is 4.21. The van der Waals surface area contributed by atoms with Crippen LogP contribution in [0.2, 0.25) is 0 Å². The van der Waals surface area contributed by atoms with Gasteiger partial charge in [0.15, 0.2) is 0 Å². The van der Waals surface area contributed by atoms with E-state index in [9.17, 15) is 0 Å². The molecule has 1 N–H and O–H groups in total. The maximum atomic E-state index is 4.21. The summed E-state index contributed by atoms with van der Waals surface area (Å²) in [6.45, 7) is 5.21. The Kier molecular flexibility index (Phi) is 4.77. The van der Waals surface area contributed by atoms with Gasteiger partial charge in [-0.3, -0.25) is 0 Å². The second-order valence-corrected chi connectivity index (χ2v) is 5.31. The molecule has 74 valence electrons. The van der Waals surface area contributed by atoms with E-state index in [1.54, 1.807) is 11.3 Å². The molecule has 1 heterocycles. The molecule has 1 unspecified atom stereocenters. The molecular weight excluding hydrogens is 200 g/mol. The summed E-state index contributed by atoms with van der Waals surface area (Å²) >= 11 is 3.64. The van der Waals surface area contributed by atoms with E-state index in [0.717, 1.165) is 17.3 Å². The van der Waals surface area contributed by atoms with Gasteiger partial charge in [0.25, 0.3) is 0 Å². The van der Waals surface area contributed by atoms with Crippen LogP contribution in [0.15, 0.2) is 6.20 Å². The van der Waals surface area contributed by atoms with Gasteiger partial charge in [-0.25, -0.2) is 4.98 Å². The first-order valence-electron chi connectivity index (χ1n) is 4.36. The number of thioether (sulfide) groups is 1. The standard InChI is InChI=1S/C9H16N2S2/c1-7(6-12-3)10-4-9-5-11-8(2)13-9/h5,7,10H,4,6H2,1-3H3. The average Bonchev–Trinajstić information content (AvgIpc) is 2.49. The van der Waals surface area contributed by atoms with Crippen molar-refractivity contribution >= 4 is 23.1 Å². The first kappa shape index (κ1) is 11.0. The number of aromatic nitrogens is 1. The molecule has 1 aromatic rings. The van der Waals surface area contributed by atoms with Gasteiger partial charge in [0.1, 0.15) is 0 Å². The molecule has 1 rings (SSSR count). The smallest absolute Gasteiger partial charge is 0.0897 e. The first-order chi connectivity index (χ1) is 6.22. The quantitative estimate of drug-likeness (QED) is 0.817. The highest BCUT2D eigenvalue weighted by Gasteiger charge is 2.01. The van der Waals surface area contributed by atoms with E-state index >= 15 is 0 Å². The fourth-order valence-corrected chi connectivity index (χ4v) is 2.43. The molecule has 0 aliphatic carbocycles. The third-order valence-electron chi connectivity index (χ3n) is 1.71. The second kappa shape index (κ2) is 5.62. The molecular formula is C9H16N2S2. The third kappa shape index (κ3) is 4.11. The summed E-state index contributed by atoms with van der Waals surface area (Å²) in [6, 6.07) is 0.581. The number of thiazole rings is 1. The van der Waals surface area contributed by atoms with Crippen molar-refractivity contribution in [1.29, 1.82) is 0 Å². The highest BCUT2D eigenvalue weighted by Crippen LogP contribution is 2.11. The third-order valence-corrected chi connectivity index (χ3v) is 3.46. The molecule has 0 spiro atoms. The Morgan fingerprint density at radius 1 is 1.69 bits per heavy atom. The Labute approximate surface area is 88.2 Å². The molecule has 1 aromatic heterocycles. The van der Waals surface area contributed by atoms with Crippen molar-refractivity contribution in [2.45, 2.75) is 26.4 Å². The van der Waals surface area contributed by atoms with Crippen LogP contribution in [0.5, 0.6) is 0 Å². The summed E-state index contributed by atoms with van der Waals surface area (Å²) in [7, 11) is 0. The fraction of sp³-hybridized carbons (Fsp3) is 0.667. The predicted octanol–water partition coefficient (Wildman–Crippen LogP) is 2.29. The number of hydrogen-bond donors (Lipinski definition) is 1. The lowest BCUT2D eigenvalue weighted by Gasteiger charge is -2.10. The zero-order valence-corrected chi connectivity index (χ0v) is 9.97. The van der Waals surface area contributed by atoms with Crippen LogP contribution in [0.25, 0.3) is 0 Å². The molecule has 0 saturated carbocycles. The van der Waals surface area contributed by atoms with Crippen molar-refractivity contribution < 1.29 is 0 Å². The van der Waals surface area contributed by atoms with Gasteiger partial charge in [-0.2, -0.15) is 11.8 Å². The van der Waals surface area contributed by atoms with Gasteiger partial charge in [-0.1, -0.05) is 0 Å². The van der Waals surface area contributed by atoms with Crippen LogP contribution in [0, 0.1) is 6.92 Å². The van der Waals surface area contributed by atoms with Gasteiger partial charge in [0.05, 0.1) is 5.01 Å². The first-order valence-corrected chi connectivity index (χ1v) is 6.57. The monoisotopic (exact) mass is 216 g/mol. The lowest BCUT2D eigenvalue weighted by Crippen LogP contribution is -2.27. The molecule has 0 bridgehead atoms. The summed E-state index contributed by atoms with van der Waals surface area (Å²) in [5.41, 5.74) is 0. The van der Waals surface area contributed by atoms with Crippen molar-refractivity contribution in [2.75, 3.05) is 12.0 Å². The van der Waals surface area contributed by atoms with E-state index in [1.165, 1.54) is 4.88 Å². The van der Waals surface area contributed by atoms with Crippen LogP contribution < -0.4 is 5.32 Å². The van der Waals surface area contributed by atoms with Gasteiger partial charge in [-0.15, -0.1) is 11.3 Å². The van der Waals surface area contributed by atoms with Crippen molar-refractivity contribution in [1.82, 2.24) is 10.3 Å². The van der Waals surface area contributed by atoms with Gasteiger partial charge < -0.3 is 5.32 Å². The zero-order chi connectivity index (χ0) is 9.68. The van der Waals surface area contributed by atoms with Crippen LogP contribution in [-0.2, 0) is 6.54 Å². The lowest BCUT2D eigenvalue weighted by molar-refractivity contribution is 0.600. The molecule has 1 atom stereocenters. The lowest BCUT2D eigenvalue weighted by atomic mass is 10.4. The van der Waals surface area contributed by atoms with E-state index in [2.05, 4.69) is 23.5 Å². The van der Waals surface area contributed by atoms with Crippen molar-refractivity contribution in [2.24, 2.45) is 0 Å². The zero-order valence-electron chi connectivity index (χ0n) is 8.33. The minimum atomic E-state index is 0.581. The summed E-state index contributed by atoms with van der Waals surface area (Å²) in [4.78, 5) is 5.54. The number of rotatable bonds is 5. The fourth-order valence-electron chi connectivity index (χ4n) is 1.07. The summed E-state index contributed by atoms with van der Waals surface area (Å²) in [6.07, 6.45) is 4.09. The van der Waals surface area contributed by atoms with E-state index in [-0.39, 0.29) is 0 Å². The molecule has 0 radical (unpaired) electrons. The number of hydrogen-bond acceptors (Lipinski definition) is 4. The Balaban J connectivity index is 2.26. The number of aryl methyl sites for hydroxylation is 1. The molecule has 0 aromatic carbocycles. The second-order valence-electron chi connectivity index (χ2n) is 3.08. The Bertz CT molecular complexity index is 248. The van der Waals surface area contributed by atoms with Crippen molar-refractivity contribution in [3.05, 3.63) is 16.1 Å². The van der Waals surface area contributed by atoms with Crippen molar-refractivity contribution in [3.63, 3.8) is 0 Å². The van der Waals surface area contributed by atoms with Crippen LogP contribution in [0.4, 0.5) is 0 Å². The topological polar surface area (TPSA) is 24.9 Å². The van der Waals surface area contributed by atoms with E-state index in [0.29, 0.717) is 6.04 Å². The Morgan fingerprint density at radius 2 is 2.46 bits per heavy atom. The molecule has 0 fully saturated rings. The highest BCUT2D eigenvalue weighted by molar-refractivity contribution is 7.98. The SMILES string of the molecule is CSCC(C)NCc1cnc(C)s1. The van der Waals surface area contributed by atoms with Gasteiger partial charge in [0.2, 0.25) is 0 Å². The number of nitrogens with one attached hydrogen (secondary N) is 1. The molecule has 0 saturated heterocycles. The van der Waals surface area contributed by atoms with E-state index in [4.69, 9.17) is 0 Å². The van der Waals surface area contributed by atoms with Crippen LogP contribution >= 0.6 is 23.1 Å². The number of nitrogens with zero attached hydrogens (tertiary/aromatic N) is 1. The largest absolute Gasteiger partial charge is 0.309 e. The van der Waals surface area contributed by atoms with E-state index in [1.807, 2.05) is 24.9 Å². The van der Waals surface area contributed by atoms with Gasteiger partial charge in [0, 0.05) is 29.4 Å². The minimum absolute atomic E-state index is 0.581. The van der Waals surface area contributed by atoms with Gasteiger partial charge in [-0.05, 0) is 20.1 Å². The average molecular weight is 216 g/mol. The van der Waals surface area contributed by atoms with Gasteiger partial charge >= 0.3 is 0 Å². The summed E-state index contributed by atoms with van der Waals surface area (Å²) in [5.74, 6) is 1.16. The Morgan fingerprint density at radius 3 is 3.00 bits per heavy atom. The molecule has 4 heteroatoms. The molecule has 0 amide bonds. The Hall–Kier alpha value is -0.0600.